The van der Waals surface area contributed by atoms with E-state index < -0.39 is 0 Å². The maximum absolute atomic E-state index is 10.8. The lowest BCUT2D eigenvalue weighted by atomic mass is 9.90. The number of hydrogen-bond acceptors (Lipinski definition) is 4. The molecule has 0 atom stereocenters. The van der Waals surface area contributed by atoms with Crippen molar-refractivity contribution >= 4 is 5.97 Å². The number of rotatable bonds is 9. The number of methoxy groups -OCH3 is 2. The zero-order valence-corrected chi connectivity index (χ0v) is 11.0. The summed E-state index contributed by atoms with van der Waals surface area (Å²) in [6.07, 6.45) is 2.35. The first-order chi connectivity index (χ1) is 7.52. The highest BCUT2D eigenvalue weighted by atomic mass is 16.5. The summed E-state index contributed by atoms with van der Waals surface area (Å²) >= 11 is 0. The van der Waals surface area contributed by atoms with Crippen molar-refractivity contribution in [1.29, 1.82) is 0 Å². The van der Waals surface area contributed by atoms with Crippen molar-refractivity contribution in [3.8, 4) is 0 Å². The number of esters is 1. The average molecular weight is 231 g/mol. The summed E-state index contributed by atoms with van der Waals surface area (Å²) in [5.74, 6) is -0.138. The lowest BCUT2D eigenvalue weighted by Crippen LogP contribution is -2.31. The molecule has 0 radical (unpaired) electrons. The van der Waals surface area contributed by atoms with Gasteiger partial charge in [0.15, 0.2) is 0 Å². The molecular formula is C12H25NO3. The second-order valence-electron chi connectivity index (χ2n) is 4.76. The van der Waals surface area contributed by atoms with E-state index in [0.29, 0.717) is 6.42 Å². The van der Waals surface area contributed by atoms with E-state index in [9.17, 15) is 4.79 Å². The third-order valence-corrected chi connectivity index (χ3v) is 2.55. The van der Waals surface area contributed by atoms with Crippen LogP contribution in [-0.2, 0) is 14.3 Å². The Kier molecular flexibility index (Phi) is 8.21. The van der Waals surface area contributed by atoms with E-state index in [0.717, 1.165) is 32.5 Å². The van der Waals surface area contributed by atoms with Gasteiger partial charge >= 0.3 is 5.97 Å². The van der Waals surface area contributed by atoms with Gasteiger partial charge in [0.1, 0.15) is 0 Å². The van der Waals surface area contributed by atoms with Crippen LogP contribution in [0.15, 0.2) is 0 Å². The molecule has 16 heavy (non-hydrogen) atoms. The van der Waals surface area contributed by atoms with Gasteiger partial charge in [-0.1, -0.05) is 13.8 Å². The highest BCUT2D eigenvalue weighted by molar-refractivity contribution is 5.69. The smallest absolute Gasteiger partial charge is 0.305 e. The second-order valence-corrected chi connectivity index (χ2v) is 4.76. The van der Waals surface area contributed by atoms with Crippen LogP contribution < -0.4 is 5.32 Å². The van der Waals surface area contributed by atoms with Crippen LogP contribution in [0.1, 0.15) is 33.1 Å². The molecule has 0 aliphatic carbocycles. The molecule has 0 aromatic carbocycles. The van der Waals surface area contributed by atoms with Crippen LogP contribution in [0.2, 0.25) is 0 Å². The number of nitrogens with one attached hydrogen (secondary N) is 1. The largest absolute Gasteiger partial charge is 0.469 e. The van der Waals surface area contributed by atoms with Gasteiger partial charge in [-0.3, -0.25) is 4.79 Å². The quantitative estimate of drug-likeness (QED) is 0.483. The monoisotopic (exact) mass is 231 g/mol. The summed E-state index contributed by atoms with van der Waals surface area (Å²) in [7, 11) is 3.14. The summed E-state index contributed by atoms with van der Waals surface area (Å²) in [6.45, 7) is 7.00. The van der Waals surface area contributed by atoms with Crippen LogP contribution >= 0.6 is 0 Å². The van der Waals surface area contributed by atoms with Crippen LogP contribution in [0.25, 0.3) is 0 Å². The molecule has 0 fully saturated rings. The van der Waals surface area contributed by atoms with Crippen molar-refractivity contribution in [2.75, 3.05) is 33.9 Å². The van der Waals surface area contributed by atoms with Crippen molar-refractivity contribution in [2.24, 2.45) is 5.41 Å². The highest BCUT2D eigenvalue weighted by Crippen LogP contribution is 2.18. The van der Waals surface area contributed by atoms with Crippen molar-refractivity contribution in [3.63, 3.8) is 0 Å². The standard InChI is InChI=1S/C12H25NO3/c1-12(2,7-9-15-3)10-13-8-5-6-11(14)16-4/h13H,5-10H2,1-4H3. The zero-order valence-electron chi connectivity index (χ0n) is 11.0. The Morgan fingerprint density at radius 3 is 2.56 bits per heavy atom. The van der Waals surface area contributed by atoms with E-state index in [1.165, 1.54) is 7.11 Å². The lowest BCUT2D eigenvalue weighted by Gasteiger charge is -2.24. The van der Waals surface area contributed by atoms with Gasteiger partial charge < -0.3 is 14.8 Å². The first-order valence-corrected chi connectivity index (χ1v) is 5.78. The summed E-state index contributed by atoms with van der Waals surface area (Å²) in [5, 5.41) is 3.35. The molecule has 0 bridgehead atoms. The molecule has 0 aromatic heterocycles. The van der Waals surface area contributed by atoms with Crippen molar-refractivity contribution in [2.45, 2.75) is 33.1 Å². The van der Waals surface area contributed by atoms with Crippen molar-refractivity contribution in [1.82, 2.24) is 5.32 Å². The molecule has 0 saturated heterocycles. The fourth-order valence-electron chi connectivity index (χ4n) is 1.35. The molecule has 0 aliphatic heterocycles. The fraction of sp³-hybridized carbons (Fsp3) is 0.917. The summed E-state index contributed by atoms with van der Waals surface area (Å²) < 4.78 is 9.63. The third-order valence-electron chi connectivity index (χ3n) is 2.55. The van der Waals surface area contributed by atoms with Gasteiger partial charge in [-0.15, -0.1) is 0 Å². The topological polar surface area (TPSA) is 47.6 Å². The van der Waals surface area contributed by atoms with E-state index >= 15 is 0 Å². The summed E-state index contributed by atoms with van der Waals surface area (Å²) in [4.78, 5) is 10.8. The van der Waals surface area contributed by atoms with Gasteiger partial charge in [0, 0.05) is 26.7 Å². The molecular weight excluding hydrogens is 206 g/mol. The maximum atomic E-state index is 10.8. The number of hydrogen-bond donors (Lipinski definition) is 1. The molecule has 0 rings (SSSR count). The zero-order chi connectivity index (χ0) is 12.4. The van der Waals surface area contributed by atoms with Gasteiger partial charge in [-0.25, -0.2) is 0 Å². The van der Waals surface area contributed by atoms with Crippen molar-refractivity contribution in [3.05, 3.63) is 0 Å². The first kappa shape index (κ1) is 15.4. The van der Waals surface area contributed by atoms with E-state index in [4.69, 9.17) is 4.74 Å². The predicted molar refractivity (Wildman–Crippen MR) is 64.4 cm³/mol. The molecule has 0 aromatic rings. The van der Waals surface area contributed by atoms with E-state index in [1.807, 2.05) is 0 Å². The minimum Gasteiger partial charge on any atom is -0.469 e. The molecule has 0 amide bonds. The van der Waals surface area contributed by atoms with E-state index in [1.54, 1.807) is 7.11 Å². The van der Waals surface area contributed by atoms with Gasteiger partial charge in [0.05, 0.1) is 7.11 Å². The van der Waals surface area contributed by atoms with Crippen molar-refractivity contribution < 1.29 is 14.3 Å². The first-order valence-electron chi connectivity index (χ1n) is 5.78. The Hall–Kier alpha value is -0.610. The molecule has 4 nitrogen and oxygen atoms in total. The van der Waals surface area contributed by atoms with Crippen LogP contribution in [0.5, 0.6) is 0 Å². The normalized spacial score (nSPS) is 11.5. The molecule has 96 valence electrons. The molecule has 1 N–H and O–H groups in total. The minimum absolute atomic E-state index is 0.138. The number of carbonyl (C=O) groups is 1. The Bertz CT molecular complexity index is 193. The molecule has 0 unspecified atom stereocenters. The molecule has 0 heterocycles. The van der Waals surface area contributed by atoms with Gasteiger partial charge in [0.25, 0.3) is 0 Å². The van der Waals surface area contributed by atoms with Crippen LogP contribution in [0.3, 0.4) is 0 Å². The summed E-state index contributed by atoms with van der Waals surface area (Å²) in [5.41, 5.74) is 0.237. The molecule has 0 spiro atoms. The second kappa shape index (κ2) is 8.53. The Balaban J connectivity index is 3.46. The fourth-order valence-corrected chi connectivity index (χ4v) is 1.35. The van der Waals surface area contributed by atoms with E-state index in [-0.39, 0.29) is 11.4 Å². The Morgan fingerprint density at radius 1 is 1.31 bits per heavy atom. The van der Waals surface area contributed by atoms with Crippen LogP contribution in [0, 0.1) is 5.41 Å². The van der Waals surface area contributed by atoms with E-state index in [2.05, 4.69) is 23.9 Å². The molecule has 4 heteroatoms. The van der Waals surface area contributed by atoms with Gasteiger partial charge in [0.2, 0.25) is 0 Å². The minimum atomic E-state index is -0.138. The average Bonchev–Trinajstić information content (AvgIpc) is 2.25. The SMILES string of the molecule is COCCC(C)(C)CNCCCC(=O)OC. The Morgan fingerprint density at radius 2 is 2.00 bits per heavy atom. The number of carbonyl (C=O) groups excluding carboxylic acids is 1. The maximum Gasteiger partial charge on any atom is 0.305 e. The Labute approximate surface area is 98.7 Å². The molecule has 0 aliphatic rings. The van der Waals surface area contributed by atoms with Gasteiger partial charge in [-0.05, 0) is 24.8 Å². The summed E-state index contributed by atoms with van der Waals surface area (Å²) in [6, 6.07) is 0. The van der Waals surface area contributed by atoms with Crippen LogP contribution in [-0.4, -0.2) is 39.9 Å². The predicted octanol–water partition coefficient (Wildman–Crippen LogP) is 1.59. The van der Waals surface area contributed by atoms with Gasteiger partial charge in [-0.2, -0.15) is 0 Å². The number of ether oxygens (including phenoxy) is 2. The lowest BCUT2D eigenvalue weighted by molar-refractivity contribution is -0.140. The third kappa shape index (κ3) is 8.68. The highest BCUT2D eigenvalue weighted by Gasteiger charge is 2.16. The molecule has 0 saturated carbocycles. The van der Waals surface area contributed by atoms with Crippen LogP contribution in [0.4, 0.5) is 0 Å².